The van der Waals surface area contributed by atoms with Crippen molar-refractivity contribution >= 4 is 22.5 Å². The number of halogens is 2. The van der Waals surface area contributed by atoms with E-state index in [-0.39, 0.29) is 17.0 Å². The summed E-state index contributed by atoms with van der Waals surface area (Å²) in [7, 11) is -0.967. The Balaban J connectivity index is 2.03. The number of ether oxygens (including phenoxy) is 1. The van der Waals surface area contributed by atoms with Gasteiger partial charge in [-0.25, -0.2) is 4.79 Å². The van der Waals surface area contributed by atoms with Gasteiger partial charge < -0.3 is 15.4 Å². The molecule has 0 bridgehead atoms. The van der Waals surface area contributed by atoms with Crippen LogP contribution in [0.1, 0.15) is 38.2 Å². The monoisotopic (exact) mass is 374 g/mol. The molecule has 0 aromatic heterocycles. The summed E-state index contributed by atoms with van der Waals surface area (Å²) in [5.41, 5.74) is 0.829. The molecular weight excluding hydrogens is 350 g/mol. The van der Waals surface area contributed by atoms with Gasteiger partial charge in [0.05, 0.1) is 5.25 Å². The van der Waals surface area contributed by atoms with Crippen molar-refractivity contribution in [3.63, 3.8) is 0 Å². The highest BCUT2D eigenvalue weighted by Gasteiger charge is 2.30. The van der Waals surface area contributed by atoms with Crippen LogP contribution in [0.25, 0.3) is 0 Å². The first kappa shape index (κ1) is 19.6. The fraction of sp³-hybridized carbons (Fsp3) is 0.588. The average Bonchev–Trinajstić information content (AvgIpc) is 2.58. The van der Waals surface area contributed by atoms with E-state index in [1.807, 2.05) is 6.92 Å². The highest BCUT2D eigenvalue weighted by Crippen LogP contribution is 2.27. The zero-order valence-corrected chi connectivity index (χ0v) is 15.2. The average molecular weight is 374 g/mol. The largest absolute Gasteiger partial charge is 0.434 e. The maximum atomic E-state index is 12.4. The standard InChI is InChI=1S/C17H24F2N2O3S/c1-3-25(23)15-10-5-4-7-13(15)21-17(22)20-12-8-6-9-14(11(12)2)24-16(18)19/h6,8-9,13,15-16H,3-5,7,10H2,1-2H3,(H2,20,21,22)/t13-,15-,25+/m0/s1. The first-order chi connectivity index (χ1) is 11.9. The summed E-state index contributed by atoms with van der Waals surface area (Å²) in [6, 6.07) is 4.01. The lowest BCUT2D eigenvalue weighted by Gasteiger charge is -2.31. The molecule has 0 unspecified atom stereocenters. The van der Waals surface area contributed by atoms with Gasteiger partial charge in [0.2, 0.25) is 0 Å². The van der Waals surface area contributed by atoms with E-state index in [2.05, 4.69) is 15.4 Å². The van der Waals surface area contributed by atoms with Gasteiger partial charge in [0.1, 0.15) is 5.75 Å². The van der Waals surface area contributed by atoms with Gasteiger partial charge in [0.25, 0.3) is 0 Å². The smallest absolute Gasteiger partial charge is 0.387 e. The molecule has 0 aliphatic heterocycles. The predicted octanol–water partition coefficient (Wildman–Crippen LogP) is 3.80. The lowest BCUT2D eigenvalue weighted by atomic mass is 9.95. The quantitative estimate of drug-likeness (QED) is 0.796. The van der Waals surface area contributed by atoms with Crippen molar-refractivity contribution in [2.75, 3.05) is 11.1 Å². The van der Waals surface area contributed by atoms with Gasteiger partial charge in [-0.15, -0.1) is 0 Å². The number of carbonyl (C=O) groups is 1. The van der Waals surface area contributed by atoms with E-state index < -0.39 is 23.4 Å². The van der Waals surface area contributed by atoms with E-state index >= 15 is 0 Å². The lowest BCUT2D eigenvalue weighted by Crippen LogP contribution is -2.48. The molecule has 2 N–H and O–H groups in total. The number of nitrogens with one attached hydrogen (secondary N) is 2. The molecule has 1 saturated carbocycles. The molecule has 0 heterocycles. The summed E-state index contributed by atoms with van der Waals surface area (Å²) in [4.78, 5) is 12.3. The Morgan fingerprint density at radius 3 is 2.76 bits per heavy atom. The number of carbonyl (C=O) groups excluding carboxylic acids is 1. The van der Waals surface area contributed by atoms with E-state index in [4.69, 9.17) is 0 Å². The van der Waals surface area contributed by atoms with Crippen molar-refractivity contribution in [1.82, 2.24) is 5.32 Å². The number of benzene rings is 1. The number of hydrogen-bond donors (Lipinski definition) is 2. The van der Waals surface area contributed by atoms with Crippen molar-refractivity contribution in [2.45, 2.75) is 57.4 Å². The summed E-state index contributed by atoms with van der Waals surface area (Å²) in [6.45, 7) is 0.553. The van der Waals surface area contributed by atoms with Gasteiger partial charge in [-0.05, 0) is 31.9 Å². The second kappa shape index (κ2) is 9.12. The Bertz CT molecular complexity index is 628. The lowest BCUT2D eigenvalue weighted by molar-refractivity contribution is -0.0502. The van der Waals surface area contributed by atoms with Gasteiger partial charge in [0.15, 0.2) is 0 Å². The van der Waals surface area contributed by atoms with E-state index in [0.29, 0.717) is 17.0 Å². The minimum atomic E-state index is -2.92. The number of anilines is 1. The van der Waals surface area contributed by atoms with E-state index in [0.717, 1.165) is 25.7 Å². The molecular formula is C17H24F2N2O3S. The molecule has 3 atom stereocenters. The van der Waals surface area contributed by atoms with Crippen molar-refractivity contribution in [1.29, 1.82) is 0 Å². The number of amides is 2. The predicted molar refractivity (Wildman–Crippen MR) is 94.7 cm³/mol. The van der Waals surface area contributed by atoms with Crippen LogP contribution < -0.4 is 15.4 Å². The molecule has 140 valence electrons. The molecule has 1 aliphatic carbocycles. The molecule has 1 aromatic rings. The van der Waals surface area contributed by atoms with Crippen LogP contribution in [0.5, 0.6) is 5.75 Å². The first-order valence-electron chi connectivity index (χ1n) is 8.41. The number of alkyl halides is 2. The van der Waals surface area contributed by atoms with Crippen LogP contribution in [0.2, 0.25) is 0 Å². The Kier molecular flexibility index (Phi) is 7.16. The molecule has 1 fully saturated rings. The van der Waals surface area contributed by atoms with E-state index in [1.165, 1.54) is 12.1 Å². The van der Waals surface area contributed by atoms with Crippen LogP contribution in [0.4, 0.5) is 19.3 Å². The van der Waals surface area contributed by atoms with Gasteiger partial charge in [-0.1, -0.05) is 25.8 Å². The van der Waals surface area contributed by atoms with Crippen LogP contribution >= 0.6 is 0 Å². The Labute approximate surface area is 149 Å². The third-order valence-corrected chi connectivity index (χ3v) is 6.20. The van der Waals surface area contributed by atoms with Crippen molar-refractivity contribution in [2.24, 2.45) is 0 Å². The third-order valence-electron chi connectivity index (χ3n) is 4.39. The molecule has 2 rings (SSSR count). The number of hydrogen-bond acceptors (Lipinski definition) is 3. The van der Waals surface area contributed by atoms with Crippen LogP contribution in [-0.2, 0) is 10.8 Å². The molecule has 2 amide bonds. The fourth-order valence-electron chi connectivity index (χ4n) is 3.09. The van der Waals surface area contributed by atoms with Crippen LogP contribution in [-0.4, -0.2) is 33.9 Å². The molecule has 5 nitrogen and oxygen atoms in total. The van der Waals surface area contributed by atoms with Crippen molar-refractivity contribution in [3.8, 4) is 5.75 Å². The highest BCUT2D eigenvalue weighted by molar-refractivity contribution is 7.85. The second-order valence-corrected chi connectivity index (χ2v) is 7.95. The maximum Gasteiger partial charge on any atom is 0.387 e. The molecule has 25 heavy (non-hydrogen) atoms. The topological polar surface area (TPSA) is 67.4 Å². The zero-order chi connectivity index (χ0) is 18.4. The second-order valence-electron chi connectivity index (χ2n) is 6.00. The molecule has 0 radical (unpaired) electrons. The Hall–Kier alpha value is -1.70. The maximum absolute atomic E-state index is 12.4. The minimum Gasteiger partial charge on any atom is -0.434 e. The highest BCUT2D eigenvalue weighted by atomic mass is 32.2. The fourth-order valence-corrected chi connectivity index (χ4v) is 4.52. The summed E-state index contributed by atoms with van der Waals surface area (Å²) in [5.74, 6) is 0.590. The zero-order valence-electron chi connectivity index (χ0n) is 14.4. The van der Waals surface area contributed by atoms with Gasteiger partial charge in [-0.2, -0.15) is 8.78 Å². The van der Waals surface area contributed by atoms with Crippen LogP contribution in [0.3, 0.4) is 0 Å². The Morgan fingerprint density at radius 2 is 2.08 bits per heavy atom. The first-order valence-corrected chi connectivity index (χ1v) is 9.79. The molecule has 8 heteroatoms. The van der Waals surface area contributed by atoms with Gasteiger partial charge in [0, 0.05) is 33.8 Å². The molecule has 1 aromatic carbocycles. The summed E-state index contributed by atoms with van der Waals surface area (Å²) in [5, 5.41) is 5.52. The Morgan fingerprint density at radius 1 is 1.36 bits per heavy atom. The molecule has 1 aliphatic rings. The molecule has 0 spiro atoms. The summed E-state index contributed by atoms with van der Waals surface area (Å²) in [6.07, 6.45) is 3.63. The SMILES string of the molecule is CC[S@@](=O)[C@H]1CCCC[C@@H]1NC(=O)Nc1cccc(OC(F)F)c1C. The van der Waals surface area contributed by atoms with Crippen molar-refractivity contribution in [3.05, 3.63) is 23.8 Å². The van der Waals surface area contributed by atoms with Crippen LogP contribution in [0, 0.1) is 6.92 Å². The third kappa shape index (κ3) is 5.39. The summed E-state index contributed by atoms with van der Waals surface area (Å²) >= 11 is 0. The van der Waals surface area contributed by atoms with Gasteiger partial charge in [-0.3, -0.25) is 4.21 Å². The number of rotatable bonds is 6. The van der Waals surface area contributed by atoms with Crippen molar-refractivity contribution < 1.29 is 22.5 Å². The normalized spacial score (nSPS) is 21.6. The van der Waals surface area contributed by atoms with E-state index in [9.17, 15) is 17.8 Å². The van der Waals surface area contributed by atoms with E-state index in [1.54, 1.807) is 13.0 Å². The number of urea groups is 1. The van der Waals surface area contributed by atoms with Crippen LogP contribution in [0.15, 0.2) is 18.2 Å². The summed E-state index contributed by atoms with van der Waals surface area (Å²) < 4.78 is 41.4. The molecule has 0 saturated heterocycles. The minimum absolute atomic E-state index is 0.0235. The van der Waals surface area contributed by atoms with Gasteiger partial charge >= 0.3 is 12.6 Å².